The molecule has 0 radical (unpaired) electrons. The Kier molecular flexibility index (Phi) is 6.49. The van der Waals surface area contributed by atoms with E-state index in [1.807, 2.05) is 89.8 Å². The summed E-state index contributed by atoms with van der Waals surface area (Å²) < 4.78 is 23.6. The van der Waals surface area contributed by atoms with E-state index in [1.165, 1.54) is 14.2 Å². The molecule has 1 fully saturated rings. The molecule has 1 spiro atoms. The predicted octanol–water partition coefficient (Wildman–Crippen LogP) is 6.55. The number of rotatable bonds is 6. The van der Waals surface area contributed by atoms with Crippen LogP contribution in [-0.4, -0.2) is 39.5 Å². The van der Waals surface area contributed by atoms with Crippen LogP contribution in [0.4, 0.5) is 11.4 Å². The molecule has 230 valence electrons. The smallest absolute Gasteiger partial charge is 0.355 e. The zero-order valence-corrected chi connectivity index (χ0v) is 26.1. The minimum Gasteiger partial charge on any atom is -0.497 e. The lowest BCUT2D eigenvalue weighted by atomic mass is 9.66. The molecule has 0 N–H and O–H groups in total. The lowest BCUT2D eigenvalue weighted by molar-refractivity contribution is -0.140. The molecule has 1 saturated heterocycles. The number of hydrogen-bond donors (Lipinski definition) is 0. The highest BCUT2D eigenvalue weighted by molar-refractivity contribution is 6.31. The summed E-state index contributed by atoms with van der Waals surface area (Å²) in [6.07, 6.45) is -1.22. The highest BCUT2D eigenvalue weighted by atomic mass is 35.5. The van der Waals surface area contributed by atoms with Gasteiger partial charge in [-0.25, -0.2) is 9.59 Å². The standard InChI is InChI=1S/C37H29ClN2O6/c1-43-24-16-14-23(15-17-24)40-31-25-11-7-8-12-26(25)33-29(31)37(30(34(41)44-2)32(40)35(42)45-3)27-19-22(38)13-18-28(27)39(36(37)46-33)20-21-9-5-4-6-10-21/h4-19,33,36H,20H2,1-3H3. The number of carbonyl (C=O) groups is 2. The third-order valence-electron chi connectivity index (χ3n) is 9.42. The van der Waals surface area contributed by atoms with E-state index in [2.05, 4.69) is 17.0 Å². The van der Waals surface area contributed by atoms with Gasteiger partial charge in [0.1, 0.15) is 29.2 Å². The first-order chi connectivity index (χ1) is 22.4. The normalized spacial score (nSPS) is 21.9. The van der Waals surface area contributed by atoms with Gasteiger partial charge in [0.25, 0.3) is 0 Å². The molecule has 0 bridgehead atoms. The number of halogens is 1. The van der Waals surface area contributed by atoms with Gasteiger partial charge in [-0.05, 0) is 59.2 Å². The molecule has 46 heavy (non-hydrogen) atoms. The quantitative estimate of drug-likeness (QED) is 0.222. The van der Waals surface area contributed by atoms with Crippen LogP contribution in [0.15, 0.2) is 114 Å². The fraction of sp³-hybridized carbons (Fsp3) is 0.189. The summed E-state index contributed by atoms with van der Waals surface area (Å²) in [5, 5.41) is 0.496. The fourth-order valence-electron chi connectivity index (χ4n) is 7.68. The maximum absolute atomic E-state index is 14.4. The van der Waals surface area contributed by atoms with Crippen LogP contribution in [-0.2, 0) is 35.8 Å². The van der Waals surface area contributed by atoms with Crippen LogP contribution in [0.3, 0.4) is 0 Å². The number of methoxy groups -OCH3 is 3. The minimum atomic E-state index is -1.26. The van der Waals surface area contributed by atoms with Gasteiger partial charge >= 0.3 is 11.9 Å². The van der Waals surface area contributed by atoms with Crippen LogP contribution in [0.1, 0.15) is 28.4 Å². The van der Waals surface area contributed by atoms with Crippen molar-refractivity contribution in [1.29, 1.82) is 0 Å². The van der Waals surface area contributed by atoms with E-state index in [0.717, 1.165) is 39.2 Å². The van der Waals surface area contributed by atoms with Crippen molar-refractivity contribution in [3.63, 3.8) is 0 Å². The summed E-state index contributed by atoms with van der Waals surface area (Å²) in [5.41, 5.74) is 5.69. The van der Waals surface area contributed by atoms with Crippen LogP contribution in [0.5, 0.6) is 5.75 Å². The number of carbonyl (C=O) groups excluding carboxylic acids is 2. The van der Waals surface area contributed by atoms with Gasteiger partial charge in [-0.2, -0.15) is 0 Å². The number of esters is 2. The fourth-order valence-corrected chi connectivity index (χ4v) is 7.85. The molecular formula is C37H29ClN2O6. The van der Waals surface area contributed by atoms with Crippen LogP contribution in [0, 0.1) is 0 Å². The number of fused-ring (bicyclic) bond motifs is 4. The molecule has 8 rings (SSSR count). The molecule has 0 amide bonds. The molecule has 3 atom stereocenters. The first-order valence-corrected chi connectivity index (χ1v) is 15.3. The maximum Gasteiger partial charge on any atom is 0.355 e. The van der Waals surface area contributed by atoms with E-state index in [-0.39, 0.29) is 11.3 Å². The summed E-state index contributed by atoms with van der Waals surface area (Å²) >= 11 is 6.75. The number of ether oxygens (including phenoxy) is 4. The number of hydrogen-bond acceptors (Lipinski definition) is 8. The minimum absolute atomic E-state index is 0.0525. The third-order valence-corrected chi connectivity index (χ3v) is 9.66. The number of benzene rings is 4. The van der Waals surface area contributed by atoms with Crippen molar-refractivity contribution in [2.24, 2.45) is 0 Å². The summed E-state index contributed by atoms with van der Waals surface area (Å²) in [4.78, 5) is 32.5. The van der Waals surface area contributed by atoms with Gasteiger partial charge in [-0.1, -0.05) is 66.2 Å². The topological polar surface area (TPSA) is 77.5 Å². The highest BCUT2D eigenvalue weighted by Crippen LogP contribution is 2.70. The van der Waals surface area contributed by atoms with Crippen LogP contribution in [0.2, 0.25) is 5.02 Å². The highest BCUT2D eigenvalue weighted by Gasteiger charge is 2.70. The van der Waals surface area contributed by atoms with Crippen molar-refractivity contribution in [1.82, 2.24) is 0 Å². The molecule has 4 aromatic rings. The average Bonchev–Trinajstić information content (AvgIpc) is 3.70. The van der Waals surface area contributed by atoms with E-state index >= 15 is 0 Å². The van der Waals surface area contributed by atoms with E-state index in [0.29, 0.717) is 23.0 Å². The zero-order valence-electron chi connectivity index (χ0n) is 25.3. The Balaban J connectivity index is 1.50. The van der Waals surface area contributed by atoms with Gasteiger partial charge in [0.2, 0.25) is 0 Å². The largest absolute Gasteiger partial charge is 0.497 e. The maximum atomic E-state index is 14.4. The molecule has 3 unspecified atom stereocenters. The van der Waals surface area contributed by atoms with Gasteiger partial charge in [-0.15, -0.1) is 0 Å². The lowest BCUT2D eigenvalue weighted by Crippen LogP contribution is -2.50. The van der Waals surface area contributed by atoms with Crippen molar-refractivity contribution < 1.29 is 28.5 Å². The van der Waals surface area contributed by atoms with Crippen LogP contribution < -0.4 is 14.5 Å². The molecule has 3 aliphatic heterocycles. The van der Waals surface area contributed by atoms with Gasteiger partial charge in [0, 0.05) is 34.1 Å². The molecular weight excluding hydrogens is 604 g/mol. The van der Waals surface area contributed by atoms with Crippen LogP contribution in [0.25, 0.3) is 5.70 Å². The Morgan fingerprint density at radius 2 is 1.59 bits per heavy atom. The molecule has 3 heterocycles. The first-order valence-electron chi connectivity index (χ1n) is 14.9. The first kappa shape index (κ1) is 28.4. The van der Waals surface area contributed by atoms with E-state index < -0.39 is 29.7 Å². The second kappa shape index (κ2) is 10.5. The molecule has 8 nitrogen and oxygen atoms in total. The third kappa shape index (κ3) is 3.71. The monoisotopic (exact) mass is 632 g/mol. The Hall–Kier alpha value is -5.05. The SMILES string of the molecule is COC(=O)C1=C(C(=O)OC)C23C4=C(c5ccccc5C4OC2N(Cc2ccccc2)c2ccc(Cl)cc23)N1c1ccc(OC)cc1. The second-order valence-electron chi connectivity index (χ2n) is 11.5. The second-order valence-corrected chi connectivity index (χ2v) is 12.0. The van der Waals surface area contributed by atoms with E-state index in [4.69, 9.17) is 30.5 Å². The zero-order chi connectivity index (χ0) is 31.7. The molecule has 0 aromatic heterocycles. The van der Waals surface area contributed by atoms with Crippen LogP contribution >= 0.6 is 11.6 Å². The number of anilines is 2. The lowest BCUT2D eigenvalue weighted by Gasteiger charge is -2.43. The van der Waals surface area contributed by atoms with Crippen molar-refractivity contribution in [3.8, 4) is 5.75 Å². The van der Waals surface area contributed by atoms with Crippen molar-refractivity contribution in [2.75, 3.05) is 31.1 Å². The average molecular weight is 633 g/mol. The Morgan fingerprint density at radius 3 is 2.30 bits per heavy atom. The summed E-state index contributed by atoms with van der Waals surface area (Å²) in [7, 11) is 4.23. The van der Waals surface area contributed by atoms with E-state index in [9.17, 15) is 9.59 Å². The van der Waals surface area contributed by atoms with Gasteiger partial charge in [0.15, 0.2) is 0 Å². The summed E-state index contributed by atoms with van der Waals surface area (Å²) in [6.45, 7) is 0.489. The molecule has 1 aliphatic carbocycles. The molecule has 0 saturated carbocycles. The molecule has 9 heteroatoms. The predicted molar refractivity (Wildman–Crippen MR) is 173 cm³/mol. The summed E-state index contributed by atoms with van der Waals surface area (Å²) in [6, 6.07) is 31.1. The van der Waals surface area contributed by atoms with Gasteiger partial charge in [0.05, 0.1) is 32.6 Å². The number of nitrogens with zero attached hydrogens (tertiary/aromatic N) is 2. The van der Waals surface area contributed by atoms with Crippen molar-refractivity contribution in [3.05, 3.63) is 141 Å². The Labute approximate surface area is 271 Å². The summed E-state index contributed by atoms with van der Waals surface area (Å²) in [5.74, 6) is -0.700. The Morgan fingerprint density at radius 1 is 0.870 bits per heavy atom. The molecule has 4 aromatic carbocycles. The van der Waals surface area contributed by atoms with Crippen molar-refractivity contribution in [2.45, 2.75) is 24.3 Å². The van der Waals surface area contributed by atoms with E-state index in [1.54, 1.807) is 7.11 Å². The van der Waals surface area contributed by atoms with Gasteiger partial charge < -0.3 is 28.7 Å². The van der Waals surface area contributed by atoms with Gasteiger partial charge in [-0.3, -0.25) is 0 Å². The van der Waals surface area contributed by atoms with Crippen molar-refractivity contribution >= 4 is 40.6 Å². The molecule has 4 aliphatic rings. The Bertz CT molecular complexity index is 1990.